The lowest BCUT2D eigenvalue weighted by atomic mass is 9.60. The molecule has 80 heavy (non-hydrogen) atoms. The third-order valence-electron chi connectivity index (χ3n) is 16.1. The fraction of sp³-hybridized carbons (Fsp3) is 0.0263. The molecular weight excluding hydrogens is 969 g/mol. The Hall–Kier alpha value is -10.4. The highest BCUT2D eigenvalue weighted by molar-refractivity contribution is 5.87. The summed E-state index contributed by atoms with van der Waals surface area (Å²) in [5.74, 6) is 1.59. The molecule has 3 aliphatic rings. The monoisotopic (exact) mass is 1020 g/mol. The van der Waals surface area contributed by atoms with Crippen LogP contribution in [-0.4, -0.2) is 19.9 Å². The minimum absolute atomic E-state index is 0.0989. The van der Waals surface area contributed by atoms with Gasteiger partial charge in [-0.1, -0.05) is 255 Å². The van der Waals surface area contributed by atoms with Gasteiger partial charge in [0.2, 0.25) is 0 Å². The summed E-state index contributed by atoms with van der Waals surface area (Å²) in [5.41, 5.74) is 27.2. The number of hydrogen-bond donors (Lipinski definition) is 0. The van der Waals surface area contributed by atoms with Crippen LogP contribution < -0.4 is 0 Å². The van der Waals surface area contributed by atoms with Gasteiger partial charge in [0.05, 0.1) is 22.8 Å². The lowest BCUT2D eigenvalue weighted by Gasteiger charge is -2.42. The van der Waals surface area contributed by atoms with Crippen LogP contribution in [0.5, 0.6) is 0 Å². The highest BCUT2D eigenvalue weighted by Gasteiger charge is 2.41. The van der Waals surface area contributed by atoms with E-state index in [0.29, 0.717) is 11.6 Å². The minimum Gasteiger partial charge on any atom is -0.228 e. The molecule has 16 rings (SSSR count). The average Bonchev–Trinajstić information content (AvgIpc) is 3.69. The number of rotatable bonds is 10. The summed E-state index contributed by atoms with van der Waals surface area (Å²) in [6.07, 6.45) is 0. The van der Waals surface area contributed by atoms with Crippen molar-refractivity contribution in [3.63, 3.8) is 0 Å². The van der Waals surface area contributed by atoms with E-state index in [1.807, 2.05) is 36.4 Å². The first-order chi connectivity index (χ1) is 39.6. The Morgan fingerprint density at radius 1 is 0.175 bits per heavy atom. The van der Waals surface area contributed by atoms with Gasteiger partial charge >= 0.3 is 0 Å². The maximum absolute atomic E-state index is 5.26. The van der Waals surface area contributed by atoms with Gasteiger partial charge in [0.25, 0.3) is 0 Å². The van der Waals surface area contributed by atoms with Gasteiger partial charge < -0.3 is 0 Å². The molecule has 0 fully saturated rings. The summed E-state index contributed by atoms with van der Waals surface area (Å²) in [5, 5.41) is 0. The van der Waals surface area contributed by atoms with Crippen molar-refractivity contribution in [2.24, 2.45) is 0 Å². The van der Waals surface area contributed by atoms with Crippen molar-refractivity contribution in [2.45, 2.75) is 11.8 Å². The molecule has 0 radical (unpaired) electrons. The molecule has 374 valence electrons. The molecule has 2 aromatic heterocycles. The molecule has 0 aliphatic heterocycles. The van der Waals surface area contributed by atoms with Crippen molar-refractivity contribution in [1.29, 1.82) is 0 Å². The highest BCUT2D eigenvalue weighted by atomic mass is 14.9. The van der Waals surface area contributed by atoms with E-state index in [9.17, 15) is 0 Å². The Morgan fingerprint density at radius 2 is 0.475 bits per heavy atom. The van der Waals surface area contributed by atoms with Crippen LogP contribution in [0, 0.1) is 0 Å². The summed E-state index contributed by atoms with van der Waals surface area (Å²) in [6.45, 7) is 0. The van der Waals surface area contributed by atoms with Crippen LogP contribution in [0.1, 0.15) is 45.2 Å². The van der Waals surface area contributed by atoms with Crippen molar-refractivity contribution in [2.75, 3.05) is 0 Å². The van der Waals surface area contributed by atoms with Crippen molar-refractivity contribution in [3.05, 3.63) is 325 Å². The normalized spacial score (nSPS) is 13.8. The smallest absolute Gasteiger partial charge is 0.160 e. The molecule has 0 amide bonds. The Labute approximate surface area is 466 Å². The molecule has 4 nitrogen and oxygen atoms in total. The molecule has 0 spiro atoms. The van der Waals surface area contributed by atoms with Crippen LogP contribution >= 0.6 is 0 Å². The molecule has 0 N–H and O–H groups in total. The molecule has 13 aromatic rings. The third kappa shape index (κ3) is 8.42. The predicted octanol–water partition coefficient (Wildman–Crippen LogP) is 18.9. The number of nitrogens with zero attached hydrogens (tertiary/aromatic N) is 4. The molecule has 0 saturated heterocycles. The number of aromatic nitrogens is 4. The molecule has 0 saturated carbocycles. The van der Waals surface area contributed by atoms with Gasteiger partial charge in [-0.2, -0.15) is 0 Å². The summed E-state index contributed by atoms with van der Waals surface area (Å²) in [4.78, 5) is 21.0. The quantitative estimate of drug-likeness (QED) is 0.137. The Bertz CT molecular complexity index is 4190. The maximum atomic E-state index is 5.26. The summed E-state index contributed by atoms with van der Waals surface area (Å²) in [7, 11) is 0. The molecular formula is C76H50N4. The first-order valence-electron chi connectivity index (χ1n) is 27.4. The molecule has 2 heterocycles. The first-order valence-corrected chi connectivity index (χ1v) is 27.4. The van der Waals surface area contributed by atoms with Crippen molar-refractivity contribution < 1.29 is 0 Å². The Balaban J connectivity index is 0.790. The van der Waals surface area contributed by atoms with Crippen LogP contribution in [0.3, 0.4) is 0 Å². The van der Waals surface area contributed by atoms with E-state index in [4.69, 9.17) is 19.9 Å². The second kappa shape index (κ2) is 19.9. The zero-order valence-electron chi connectivity index (χ0n) is 43.7. The van der Waals surface area contributed by atoms with Crippen molar-refractivity contribution >= 4 is 0 Å². The molecule has 11 aromatic carbocycles. The molecule has 3 aliphatic carbocycles. The Kier molecular flexibility index (Phi) is 11.6. The number of hydrogen-bond acceptors (Lipinski definition) is 4. The SMILES string of the molecule is c1ccc(-c2nc(-c3cccc(-c4ccc5c(c4)C4c6ccccc6C5c5cc(-c6cccc(-c7cc(-c8ccccc8-c8ccccc8)nc(-c8ccccc8)n7)c6)ccc54)c3)cc(-c3ccccc3-c3ccccc3)n2)cc1. The first kappa shape index (κ1) is 46.8. The van der Waals surface area contributed by atoms with Crippen LogP contribution in [0.25, 0.3) is 112 Å². The summed E-state index contributed by atoms with van der Waals surface area (Å²) in [6, 6.07) is 104. The zero-order valence-corrected chi connectivity index (χ0v) is 43.7. The summed E-state index contributed by atoms with van der Waals surface area (Å²) < 4.78 is 0. The van der Waals surface area contributed by atoms with Gasteiger partial charge in [-0.3, -0.25) is 0 Å². The van der Waals surface area contributed by atoms with Crippen LogP contribution in [-0.2, 0) is 0 Å². The van der Waals surface area contributed by atoms with E-state index < -0.39 is 0 Å². The predicted molar refractivity (Wildman–Crippen MR) is 327 cm³/mol. The Morgan fingerprint density at radius 3 is 0.887 bits per heavy atom. The van der Waals surface area contributed by atoms with E-state index >= 15 is 0 Å². The molecule has 2 unspecified atom stereocenters. The van der Waals surface area contributed by atoms with Crippen LogP contribution in [0.4, 0.5) is 0 Å². The second-order valence-corrected chi connectivity index (χ2v) is 20.8. The van der Waals surface area contributed by atoms with Gasteiger partial charge in [-0.15, -0.1) is 0 Å². The summed E-state index contributed by atoms with van der Waals surface area (Å²) >= 11 is 0. The van der Waals surface area contributed by atoms with E-state index in [0.717, 1.165) is 89.5 Å². The topological polar surface area (TPSA) is 51.6 Å². The van der Waals surface area contributed by atoms with Crippen molar-refractivity contribution in [1.82, 2.24) is 19.9 Å². The second-order valence-electron chi connectivity index (χ2n) is 20.8. The molecule has 4 heteroatoms. The van der Waals surface area contributed by atoms with Crippen LogP contribution in [0.15, 0.2) is 291 Å². The van der Waals surface area contributed by atoms with Gasteiger partial charge in [0.15, 0.2) is 11.6 Å². The van der Waals surface area contributed by atoms with E-state index in [-0.39, 0.29) is 11.8 Å². The third-order valence-corrected chi connectivity index (χ3v) is 16.1. The minimum atomic E-state index is 0.0989. The fourth-order valence-corrected chi connectivity index (χ4v) is 12.3. The van der Waals surface area contributed by atoms with Gasteiger partial charge in [-0.05, 0) is 114 Å². The van der Waals surface area contributed by atoms with Gasteiger partial charge in [0, 0.05) is 45.2 Å². The standard InChI is InChI=1S/C76H50N4/c1-5-21-49(22-6-1)59-33-13-15-35-61(59)71-47-69(77-75(79-71)51-25-9-3-10-26-51)57-31-19-29-53(43-57)55-39-41-65-67(45-55)73-63-37-17-18-38-64(63)74(65)68-46-56(40-42-66(68)73)54-30-20-32-58(44-54)70-48-72(80-76(78-70)52-27-11-4-12-28-52)62-36-16-14-34-60(62)50-23-7-2-8-24-50/h1-48,73-74H. The average molecular weight is 1020 g/mol. The van der Waals surface area contributed by atoms with Gasteiger partial charge in [-0.25, -0.2) is 19.9 Å². The van der Waals surface area contributed by atoms with Gasteiger partial charge in [0.1, 0.15) is 0 Å². The highest BCUT2D eigenvalue weighted by Crippen LogP contribution is 2.57. The van der Waals surface area contributed by atoms with Crippen molar-refractivity contribution in [3.8, 4) is 112 Å². The number of benzene rings is 11. The van der Waals surface area contributed by atoms with E-state index in [1.165, 1.54) is 44.5 Å². The lowest BCUT2D eigenvalue weighted by Crippen LogP contribution is -2.27. The lowest BCUT2D eigenvalue weighted by molar-refractivity contribution is 0.755. The van der Waals surface area contributed by atoms with E-state index in [1.54, 1.807) is 0 Å². The maximum Gasteiger partial charge on any atom is 0.160 e. The largest absolute Gasteiger partial charge is 0.228 e. The fourth-order valence-electron chi connectivity index (χ4n) is 12.3. The zero-order chi connectivity index (χ0) is 52.9. The van der Waals surface area contributed by atoms with E-state index in [2.05, 4.69) is 255 Å². The van der Waals surface area contributed by atoms with Crippen LogP contribution in [0.2, 0.25) is 0 Å². The molecule has 2 atom stereocenters. The molecule has 2 bridgehead atoms.